The summed E-state index contributed by atoms with van der Waals surface area (Å²) >= 11 is 5.87. The number of amides is 2. The van der Waals surface area contributed by atoms with Crippen LogP contribution in [0.15, 0.2) is 24.3 Å². The lowest BCUT2D eigenvalue weighted by Crippen LogP contribution is -2.37. The minimum absolute atomic E-state index is 0.0361. The molecule has 1 aliphatic heterocycles. The van der Waals surface area contributed by atoms with Crippen molar-refractivity contribution in [2.24, 2.45) is 0 Å². The predicted octanol–water partition coefficient (Wildman–Crippen LogP) is 2.70. The zero-order chi connectivity index (χ0) is 15.9. The quantitative estimate of drug-likeness (QED) is 0.875. The van der Waals surface area contributed by atoms with E-state index in [2.05, 4.69) is 5.32 Å². The van der Waals surface area contributed by atoms with Gasteiger partial charge in [0, 0.05) is 43.8 Å². The number of carbonyl (C=O) groups excluding carboxylic acids is 2. The molecule has 0 radical (unpaired) electrons. The Labute approximate surface area is 135 Å². The first-order chi connectivity index (χ1) is 10.5. The van der Waals surface area contributed by atoms with Gasteiger partial charge in [0.05, 0.1) is 6.10 Å². The number of ether oxygens (including phenoxy) is 1. The number of carbonyl (C=O) groups is 2. The molecule has 0 saturated carbocycles. The van der Waals surface area contributed by atoms with Crippen LogP contribution in [0.2, 0.25) is 5.02 Å². The van der Waals surface area contributed by atoms with E-state index in [4.69, 9.17) is 16.3 Å². The van der Waals surface area contributed by atoms with Crippen molar-refractivity contribution in [2.45, 2.75) is 32.3 Å². The molecular formula is C16H21ClN2O3. The maximum absolute atomic E-state index is 12.0. The monoisotopic (exact) mass is 324 g/mol. The minimum atomic E-state index is -0.138. The molecule has 1 unspecified atom stereocenters. The van der Waals surface area contributed by atoms with Crippen molar-refractivity contribution in [1.82, 2.24) is 4.90 Å². The van der Waals surface area contributed by atoms with E-state index >= 15 is 0 Å². The van der Waals surface area contributed by atoms with Crippen molar-refractivity contribution in [3.8, 4) is 0 Å². The lowest BCUT2D eigenvalue weighted by molar-refractivity contribution is -0.130. The first-order valence-corrected chi connectivity index (χ1v) is 7.85. The van der Waals surface area contributed by atoms with Crippen LogP contribution in [0.1, 0.15) is 26.2 Å². The van der Waals surface area contributed by atoms with Crippen molar-refractivity contribution < 1.29 is 14.3 Å². The average Bonchev–Trinajstić information content (AvgIpc) is 2.96. The molecule has 0 bridgehead atoms. The maximum Gasteiger partial charge on any atom is 0.226 e. The van der Waals surface area contributed by atoms with Gasteiger partial charge in [0.25, 0.3) is 0 Å². The van der Waals surface area contributed by atoms with Crippen molar-refractivity contribution in [3.63, 3.8) is 0 Å². The van der Waals surface area contributed by atoms with Crippen LogP contribution in [0, 0.1) is 0 Å². The van der Waals surface area contributed by atoms with Gasteiger partial charge >= 0.3 is 0 Å². The highest BCUT2D eigenvalue weighted by atomic mass is 35.5. The van der Waals surface area contributed by atoms with Gasteiger partial charge in [0.2, 0.25) is 11.8 Å². The number of halogens is 1. The first-order valence-electron chi connectivity index (χ1n) is 7.47. The summed E-state index contributed by atoms with van der Waals surface area (Å²) in [6, 6.07) is 6.99. The smallest absolute Gasteiger partial charge is 0.226 e. The second-order valence-electron chi connectivity index (χ2n) is 5.41. The van der Waals surface area contributed by atoms with Gasteiger partial charge in [-0.25, -0.2) is 0 Å². The Morgan fingerprint density at radius 3 is 2.91 bits per heavy atom. The third kappa shape index (κ3) is 5.31. The van der Waals surface area contributed by atoms with Gasteiger partial charge < -0.3 is 15.0 Å². The van der Waals surface area contributed by atoms with Crippen LogP contribution < -0.4 is 5.32 Å². The largest absolute Gasteiger partial charge is 0.376 e. The lowest BCUT2D eigenvalue weighted by Gasteiger charge is -2.23. The number of hydrogen-bond acceptors (Lipinski definition) is 3. The summed E-state index contributed by atoms with van der Waals surface area (Å²) in [4.78, 5) is 25.3. The van der Waals surface area contributed by atoms with E-state index in [-0.39, 0.29) is 24.3 Å². The van der Waals surface area contributed by atoms with Gasteiger partial charge in [0.1, 0.15) is 0 Å². The molecule has 2 rings (SSSR count). The van der Waals surface area contributed by atoms with Crippen LogP contribution in [-0.4, -0.2) is 42.5 Å². The highest BCUT2D eigenvalue weighted by molar-refractivity contribution is 6.30. The Hall–Kier alpha value is -1.59. The summed E-state index contributed by atoms with van der Waals surface area (Å²) in [6.07, 6.45) is 2.35. The molecule has 120 valence electrons. The van der Waals surface area contributed by atoms with Crippen LogP contribution in [0.3, 0.4) is 0 Å². The standard InChI is InChI=1S/C16H21ClN2O3/c1-12(20)19(11-15-6-3-9-22-15)8-7-16(21)18-14-5-2-4-13(17)10-14/h2,4-5,10,15H,3,6-9,11H2,1H3,(H,18,21). The van der Waals surface area contributed by atoms with Crippen LogP contribution in [0.25, 0.3) is 0 Å². The first kappa shape index (κ1) is 16.8. The Bertz CT molecular complexity index is 530. The average molecular weight is 325 g/mol. The SMILES string of the molecule is CC(=O)N(CCC(=O)Nc1cccc(Cl)c1)CC1CCCO1. The maximum atomic E-state index is 12.0. The van der Waals surface area contributed by atoms with E-state index in [0.29, 0.717) is 23.8 Å². The van der Waals surface area contributed by atoms with E-state index in [1.54, 1.807) is 29.2 Å². The van der Waals surface area contributed by atoms with Crippen LogP contribution in [0.4, 0.5) is 5.69 Å². The normalized spacial score (nSPS) is 17.3. The minimum Gasteiger partial charge on any atom is -0.376 e. The number of hydrogen-bond donors (Lipinski definition) is 1. The number of nitrogens with one attached hydrogen (secondary N) is 1. The molecule has 1 N–H and O–H groups in total. The second kappa shape index (κ2) is 8.15. The molecule has 5 nitrogen and oxygen atoms in total. The lowest BCUT2D eigenvalue weighted by atomic mass is 10.2. The van der Waals surface area contributed by atoms with Crippen molar-refractivity contribution in [3.05, 3.63) is 29.3 Å². The highest BCUT2D eigenvalue weighted by Gasteiger charge is 2.21. The van der Waals surface area contributed by atoms with Gasteiger partial charge in [0.15, 0.2) is 0 Å². The number of benzene rings is 1. The molecule has 1 aromatic carbocycles. The van der Waals surface area contributed by atoms with Crippen LogP contribution >= 0.6 is 11.6 Å². The number of rotatable bonds is 6. The summed E-state index contributed by atoms with van der Waals surface area (Å²) in [5, 5.41) is 3.35. The molecule has 1 aliphatic rings. The highest BCUT2D eigenvalue weighted by Crippen LogP contribution is 2.16. The zero-order valence-electron chi connectivity index (χ0n) is 12.7. The fraction of sp³-hybridized carbons (Fsp3) is 0.500. The van der Waals surface area contributed by atoms with E-state index in [9.17, 15) is 9.59 Å². The third-order valence-electron chi connectivity index (χ3n) is 3.61. The van der Waals surface area contributed by atoms with Crippen molar-refractivity contribution >= 4 is 29.1 Å². The van der Waals surface area contributed by atoms with E-state index in [1.165, 1.54) is 6.92 Å². The molecule has 1 heterocycles. The van der Waals surface area contributed by atoms with E-state index in [1.807, 2.05) is 0 Å². The van der Waals surface area contributed by atoms with Crippen molar-refractivity contribution in [2.75, 3.05) is 25.0 Å². The fourth-order valence-electron chi connectivity index (χ4n) is 2.44. The van der Waals surface area contributed by atoms with E-state index < -0.39 is 0 Å². The Morgan fingerprint density at radius 2 is 2.27 bits per heavy atom. The third-order valence-corrected chi connectivity index (χ3v) is 3.85. The van der Waals surface area contributed by atoms with Crippen LogP contribution in [-0.2, 0) is 14.3 Å². The second-order valence-corrected chi connectivity index (χ2v) is 5.85. The molecule has 1 fully saturated rings. The molecule has 6 heteroatoms. The van der Waals surface area contributed by atoms with Gasteiger partial charge in [-0.05, 0) is 31.0 Å². The van der Waals surface area contributed by atoms with Gasteiger partial charge in [-0.2, -0.15) is 0 Å². The van der Waals surface area contributed by atoms with Gasteiger partial charge in [-0.1, -0.05) is 17.7 Å². The Kier molecular flexibility index (Phi) is 6.21. The summed E-state index contributed by atoms with van der Waals surface area (Å²) < 4.78 is 5.54. The molecule has 2 amide bonds. The number of nitrogens with zero attached hydrogens (tertiary/aromatic N) is 1. The van der Waals surface area contributed by atoms with E-state index in [0.717, 1.165) is 19.4 Å². The molecule has 1 saturated heterocycles. The topological polar surface area (TPSA) is 58.6 Å². The summed E-state index contributed by atoms with van der Waals surface area (Å²) in [7, 11) is 0. The zero-order valence-corrected chi connectivity index (χ0v) is 13.4. The predicted molar refractivity (Wildman–Crippen MR) is 85.9 cm³/mol. The molecule has 22 heavy (non-hydrogen) atoms. The summed E-state index contributed by atoms with van der Waals surface area (Å²) in [5.41, 5.74) is 0.658. The Morgan fingerprint density at radius 1 is 1.45 bits per heavy atom. The molecule has 1 atom stereocenters. The van der Waals surface area contributed by atoms with Crippen molar-refractivity contribution in [1.29, 1.82) is 0 Å². The van der Waals surface area contributed by atoms with Gasteiger partial charge in [-0.3, -0.25) is 9.59 Å². The van der Waals surface area contributed by atoms with Gasteiger partial charge in [-0.15, -0.1) is 0 Å². The summed E-state index contributed by atoms with van der Waals surface area (Å²) in [5.74, 6) is -0.174. The van der Waals surface area contributed by atoms with Crippen LogP contribution in [0.5, 0.6) is 0 Å². The molecule has 0 aromatic heterocycles. The molecule has 0 aliphatic carbocycles. The summed E-state index contributed by atoms with van der Waals surface area (Å²) in [6.45, 7) is 3.22. The number of anilines is 1. The molecule has 1 aromatic rings. The molecular weight excluding hydrogens is 304 g/mol. The Balaban J connectivity index is 1.80. The fourth-order valence-corrected chi connectivity index (χ4v) is 2.63. The molecule has 0 spiro atoms.